The fourth-order valence-corrected chi connectivity index (χ4v) is 1.57. The number of rotatable bonds is 1. The molecule has 1 aromatic carbocycles. The molecule has 0 radical (unpaired) electrons. The van der Waals surface area contributed by atoms with Gasteiger partial charge in [0.25, 0.3) is 5.82 Å². The zero-order valence-electron chi connectivity index (χ0n) is 8.94. The number of nitrogens with two attached hydrogens (primary N) is 1. The molecule has 78 valence electrons. The second kappa shape index (κ2) is 4.03. The molecule has 0 amide bonds. The molecule has 0 aliphatic heterocycles. The summed E-state index contributed by atoms with van der Waals surface area (Å²) in [7, 11) is 0. The van der Waals surface area contributed by atoms with Gasteiger partial charge in [-0.1, -0.05) is 36.9 Å². The van der Waals surface area contributed by atoms with Gasteiger partial charge in [0, 0.05) is 5.56 Å². The molecule has 1 aromatic heterocycles. The van der Waals surface area contributed by atoms with Gasteiger partial charge < -0.3 is 10.6 Å². The first kappa shape index (κ1) is 10.2. The fraction of sp³-hybridized carbons (Fsp3) is 0.0769. The Morgan fingerprint density at radius 3 is 2.56 bits per heavy atom. The fourth-order valence-electron chi connectivity index (χ4n) is 1.57. The van der Waals surface area contributed by atoms with Crippen LogP contribution >= 0.6 is 0 Å². The third kappa shape index (κ3) is 1.73. The average molecular weight is 209 g/mol. The summed E-state index contributed by atoms with van der Waals surface area (Å²) in [6, 6.07) is 11.4. The van der Waals surface area contributed by atoms with Gasteiger partial charge in [-0.3, -0.25) is 0 Å². The average Bonchev–Trinajstić information content (AvgIpc) is 2.30. The van der Waals surface area contributed by atoms with Gasteiger partial charge in [0.2, 0.25) is 0 Å². The molecule has 0 aliphatic carbocycles. The Bertz CT molecular complexity index is 553. The van der Waals surface area contributed by atoms with Crippen molar-refractivity contribution in [1.82, 2.24) is 4.98 Å². The highest BCUT2D eigenvalue weighted by molar-refractivity contribution is 5.75. The van der Waals surface area contributed by atoms with Crippen LogP contribution in [0.3, 0.4) is 0 Å². The van der Waals surface area contributed by atoms with Crippen LogP contribution in [0.1, 0.15) is 5.56 Å². The van der Waals surface area contributed by atoms with Crippen molar-refractivity contribution in [2.45, 2.75) is 6.92 Å². The summed E-state index contributed by atoms with van der Waals surface area (Å²) in [6.07, 6.45) is 0. The highest BCUT2D eigenvalue weighted by Crippen LogP contribution is 2.28. The van der Waals surface area contributed by atoms with Gasteiger partial charge in [0.1, 0.15) is 0 Å². The third-order valence-electron chi connectivity index (χ3n) is 2.37. The van der Waals surface area contributed by atoms with E-state index in [-0.39, 0.29) is 0 Å². The lowest BCUT2D eigenvalue weighted by atomic mass is 10.1. The van der Waals surface area contributed by atoms with E-state index in [0.29, 0.717) is 17.2 Å². The van der Waals surface area contributed by atoms with E-state index in [9.17, 15) is 0 Å². The standard InChI is InChI=1S/C13H11N3/c1-9-8-11(14)12(16-13(9)15-2)10-6-4-3-5-7-10/h3-8H,14H2,1H3. The number of hydrogen-bond donors (Lipinski definition) is 1. The molecule has 2 rings (SSSR count). The first-order valence-electron chi connectivity index (χ1n) is 4.92. The molecule has 3 nitrogen and oxygen atoms in total. The molecule has 0 bridgehead atoms. The minimum absolute atomic E-state index is 0.410. The molecular weight excluding hydrogens is 198 g/mol. The lowest BCUT2D eigenvalue weighted by Crippen LogP contribution is -1.94. The summed E-state index contributed by atoms with van der Waals surface area (Å²) >= 11 is 0. The summed E-state index contributed by atoms with van der Waals surface area (Å²) in [4.78, 5) is 7.66. The molecule has 0 saturated heterocycles. The van der Waals surface area contributed by atoms with Crippen molar-refractivity contribution in [3.63, 3.8) is 0 Å². The minimum Gasteiger partial charge on any atom is -0.395 e. The van der Waals surface area contributed by atoms with Crippen LogP contribution in [-0.2, 0) is 0 Å². The lowest BCUT2D eigenvalue weighted by Gasteiger charge is -2.04. The monoisotopic (exact) mass is 209 g/mol. The number of aryl methyl sites for hydroxylation is 1. The summed E-state index contributed by atoms with van der Waals surface area (Å²) in [5.74, 6) is 0.410. The molecule has 0 atom stereocenters. The van der Waals surface area contributed by atoms with Crippen LogP contribution in [-0.4, -0.2) is 4.98 Å². The molecule has 0 unspecified atom stereocenters. The Labute approximate surface area is 94.4 Å². The van der Waals surface area contributed by atoms with Crippen molar-refractivity contribution in [3.8, 4) is 11.3 Å². The van der Waals surface area contributed by atoms with E-state index in [1.807, 2.05) is 37.3 Å². The summed E-state index contributed by atoms with van der Waals surface area (Å²) in [6.45, 7) is 8.87. The molecule has 1 heterocycles. The Hall–Kier alpha value is -2.34. The van der Waals surface area contributed by atoms with E-state index < -0.39 is 0 Å². The number of anilines is 1. The lowest BCUT2D eigenvalue weighted by molar-refractivity contribution is 1.30. The van der Waals surface area contributed by atoms with Gasteiger partial charge in [0.15, 0.2) is 5.69 Å². The Kier molecular flexibility index (Phi) is 2.57. The molecule has 0 saturated carbocycles. The Morgan fingerprint density at radius 1 is 1.25 bits per heavy atom. The molecule has 16 heavy (non-hydrogen) atoms. The van der Waals surface area contributed by atoms with Crippen molar-refractivity contribution in [2.75, 3.05) is 5.73 Å². The summed E-state index contributed by atoms with van der Waals surface area (Å²) < 4.78 is 0. The van der Waals surface area contributed by atoms with E-state index in [0.717, 1.165) is 11.1 Å². The van der Waals surface area contributed by atoms with Crippen LogP contribution in [0.25, 0.3) is 16.1 Å². The van der Waals surface area contributed by atoms with E-state index in [4.69, 9.17) is 12.3 Å². The summed E-state index contributed by atoms with van der Waals surface area (Å²) in [5, 5.41) is 0. The second-order valence-corrected chi connectivity index (χ2v) is 3.54. The smallest absolute Gasteiger partial charge is 0.273 e. The van der Waals surface area contributed by atoms with Crippen LogP contribution in [0.5, 0.6) is 0 Å². The summed E-state index contributed by atoms with van der Waals surface area (Å²) in [5.41, 5.74) is 8.94. The Balaban J connectivity index is 2.63. The first-order chi connectivity index (χ1) is 7.72. The predicted octanol–water partition coefficient (Wildman–Crippen LogP) is 3.19. The maximum Gasteiger partial charge on any atom is 0.273 e. The van der Waals surface area contributed by atoms with Gasteiger partial charge >= 0.3 is 0 Å². The molecule has 2 N–H and O–H groups in total. The molecule has 3 heteroatoms. The minimum atomic E-state index is 0.410. The number of benzene rings is 1. The number of hydrogen-bond acceptors (Lipinski definition) is 2. The molecule has 0 spiro atoms. The third-order valence-corrected chi connectivity index (χ3v) is 2.37. The van der Waals surface area contributed by atoms with Gasteiger partial charge in [-0.15, -0.1) is 4.98 Å². The van der Waals surface area contributed by atoms with Gasteiger partial charge in [-0.2, -0.15) is 0 Å². The van der Waals surface area contributed by atoms with E-state index in [1.54, 1.807) is 6.07 Å². The largest absolute Gasteiger partial charge is 0.395 e. The second-order valence-electron chi connectivity index (χ2n) is 3.54. The molecular formula is C13H11N3. The first-order valence-corrected chi connectivity index (χ1v) is 4.92. The zero-order chi connectivity index (χ0) is 11.5. The highest BCUT2D eigenvalue weighted by Gasteiger charge is 2.11. The number of pyridine rings is 1. The van der Waals surface area contributed by atoms with Gasteiger partial charge in [-0.25, -0.2) is 0 Å². The van der Waals surface area contributed by atoms with Gasteiger partial charge in [-0.05, 0) is 18.6 Å². The number of nitrogens with zero attached hydrogens (tertiary/aromatic N) is 2. The van der Waals surface area contributed by atoms with Crippen molar-refractivity contribution in [1.29, 1.82) is 0 Å². The van der Waals surface area contributed by atoms with E-state index >= 15 is 0 Å². The van der Waals surface area contributed by atoms with Crippen molar-refractivity contribution < 1.29 is 0 Å². The van der Waals surface area contributed by atoms with Gasteiger partial charge in [0.05, 0.1) is 5.69 Å². The van der Waals surface area contributed by atoms with Crippen LogP contribution in [0.2, 0.25) is 0 Å². The normalized spacial score (nSPS) is 9.75. The topological polar surface area (TPSA) is 43.3 Å². The number of aromatic nitrogens is 1. The Morgan fingerprint density at radius 2 is 1.94 bits per heavy atom. The molecule has 0 fully saturated rings. The van der Waals surface area contributed by atoms with Crippen molar-refractivity contribution >= 4 is 11.5 Å². The maximum atomic E-state index is 7.04. The van der Waals surface area contributed by atoms with Crippen LogP contribution in [0.4, 0.5) is 11.5 Å². The maximum absolute atomic E-state index is 7.04. The van der Waals surface area contributed by atoms with Crippen molar-refractivity contribution in [2.24, 2.45) is 0 Å². The van der Waals surface area contributed by atoms with E-state index in [1.165, 1.54) is 0 Å². The predicted molar refractivity (Wildman–Crippen MR) is 65.1 cm³/mol. The quantitative estimate of drug-likeness (QED) is 0.733. The van der Waals surface area contributed by atoms with Crippen molar-refractivity contribution in [3.05, 3.63) is 53.4 Å². The SMILES string of the molecule is [C-]#[N+]c1nc(-c2ccccc2)c(N)cc1C. The highest BCUT2D eigenvalue weighted by atomic mass is 14.9. The van der Waals surface area contributed by atoms with Crippen LogP contribution in [0, 0.1) is 13.5 Å². The molecule has 0 aliphatic rings. The van der Waals surface area contributed by atoms with Crippen LogP contribution < -0.4 is 5.73 Å². The van der Waals surface area contributed by atoms with E-state index in [2.05, 4.69) is 9.83 Å². The zero-order valence-corrected chi connectivity index (χ0v) is 8.94. The van der Waals surface area contributed by atoms with Crippen LogP contribution in [0.15, 0.2) is 36.4 Å². The molecule has 2 aromatic rings. The number of nitrogen functional groups attached to an aromatic ring is 1.